The minimum absolute atomic E-state index is 0.183. The van der Waals surface area contributed by atoms with Crippen molar-refractivity contribution >= 4 is 23.3 Å². The van der Waals surface area contributed by atoms with Crippen LogP contribution in [-0.2, 0) is 9.63 Å². The van der Waals surface area contributed by atoms with Gasteiger partial charge >= 0.3 is 0 Å². The van der Waals surface area contributed by atoms with Crippen molar-refractivity contribution in [2.24, 2.45) is 16.3 Å². The molecule has 1 unspecified atom stereocenters. The fourth-order valence-corrected chi connectivity index (χ4v) is 4.97. The van der Waals surface area contributed by atoms with Crippen LogP contribution in [0.25, 0.3) is 0 Å². The molecule has 8 heteroatoms. The smallest absolute Gasteiger partial charge is 0.223 e. The lowest BCUT2D eigenvalue weighted by atomic mass is 9.57. The SMILES string of the molecule is CCN(CC)CCNC(=O)C1CC2(C1)CN(CC1N=C(c3ccc(Cl)cc3)NO1)C2. The molecule has 1 saturated carbocycles. The molecule has 1 spiro atoms. The van der Waals surface area contributed by atoms with E-state index in [1.807, 2.05) is 24.3 Å². The van der Waals surface area contributed by atoms with E-state index in [1.54, 1.807) is 0 Å². The molecular weight excluding hydrogens is 402 g/mol. The van der Waals surface area contributed by atoms with Gasteiger partial charge in [-0.05, 0) is 55.6 Å². The summed E-state index contributed by atoms with van der Waals surface area (Å²) in [6.45, 7) is 10.9. The lowest BCUT2D eigenvalue weighted by Gasteiger charge is -2.58. The van der Waals surface area contributed by atoms with Crippen LogP contribution in [0.3, 0.4) is 0 Å². The Morgan fingerprint density at radius 3 is 2.67 bits per heavy atom. The second-order valence-electron chi connectivity index (χ2n) is 8.75. The van der Waals surface area contributed by atoms with Crippen molar-refractivity contribution in [1.82, 2.24) is 20.6 Å². The van der Waals surface area contributed by atoms with Gasteiger partial charge in [0.1, 0.15) is 0 Å². The highest BCUT2D eigenvalue weighted by Gasteiger charge is 2.54. The average molecular weight is 434 g/mol. The van der Waals surface area contributed by atoms with E-state index in [9.17, 15) is 4.79 Å². The van der Waals surface area contributed by atoms with Gasteiger partial charge in [0.15, 0.2) is 12.1 Å². The quantitative estimate of drug-likeness (QED) is 0.624. The number of halogens is 1. The van der Waals surface area contributed by atoms with Gasteiger partial charge in [0.25, 0.3) is 0 Å². The maximum Gasteiger partial charge on any atom is 0.223 e. The van der Waals surface area contributed by atoms with Crippen molar-refractivity contribution < 1.29 is 9.63 Å². The molecule has 1 aliphatic carbocycles. The molecule has 1 amide bonds. The van der Waals surface area contributed by atoms with Crippen LogP contribution in [0.15, 0.2) is 29.3 Å². The molecule has 4 rings (SSSR count). The van der Waals surface area contributed by atoms with Gasteiger partial charge in [-0.1, -0.05) is 25.4 Å². The Kier molecular flexibility index (Phi) is 6.63. The summed E-state index contributed by atoms with van der Waals surface area (Å²) in [4.78, 5) is 27.3. The number of benzene rings is 1. The fourth-order valence-electron chi connectivity index (χ4n) is 4.84. The van der Waals surface area contributed by atoms with Crippen molar-refractivity contribution in [1.29, 1.82) is 0 Å². The number of likely N-dealkylation sites (N-methyl/N-ethyl adjacent to an activating group) is 1. The number of likely N-dealkylation sites (tertiary alicyclic amines) is 1. The Hall–Kier alpha value is -1.67. The lowest BCUT2D eigenvalue weighted by molar-refractivity contribution is -0.147. The monoisotopic (exact) mass is 433 g/mol. The Bertz CT molecular complexity index is 766. The summed E-state index contributed by atoms with van der Waals surface area (Å²) in [5.74, 6) is 1.16. The molecule has 0 bridgehead atoms. The Balaban J connectivity index is 1.15. The van der Waals surface area contributed by atoms with Gasteiger partial charge in [-0.25, -0.2) is 15.3 Å². The lowest BCUT2D eigenvalue weighted by Crippen LogP contribution is -2.65. The molecule has 30 heavy (non-hydrogen) atoms. The van der Waals surface area contributed by atoms with Crippen LogP contribution in [0.5, 0.6) is 0 Å². The first-order chi connectivity index (χ1) is 14.5. The fraction of sp³-hybridized carbons (Fsp3) is 0.636. The number of amides is 1. The van der Waals surface area contributed by atoms with E-state index in [2.05, 4.69) is 39.4 Å². The molecular formula is C22H32ClN5O2. The first-order valence-corrected chi connectivity index (χ1v) is 11.4. The van der Waals surface area contributed by atoms with Gasteiger partial charge in [-0.3, -0.25) is 9.69 Å². The minimum atomic E-state index is -0.202. The molecule has 2 fully saturated rings. The molecule has 0 aromatic heterocycles. The predicted octanol–water partition coefficient (Wildman–Crippen LogP) is 2.12. The molecule has 1 atom stereocenters. The highest BCUT2D eigenvalue weighted by Crippen LogP contribution is 2.51. The standard InChI is InChI=1S/C22H32ClN5O2/c1-3-27(4-2)10-9-24-21(29)17-11-22(12-17)14-28(15-22)13-19-25-20(26-30-19)16-5-7-18(23)8-6-16/h5-8,17,19H,3-4,9-15H2,1-2H3,(H,24,29)(H,25,26). The molecule has 1 saturated heterocycles. The molecule has 164 valence electrons. The van der Waals surface area contributed by atoms with E-state index in [0.29, 0.717) is 10.4 Å². The van der Waals surface area contributed by atoms with Gasteiger partial charge < -0.3 is 10.2 Å². The van der Waals surface area contributed by atoms with Crippen molar-refractivity contribution in [2.75, 3.05) is 45.8 Å². The summed E-state index contributed by atoms with van der Waals surface area (Å²) >= 11 is 5.94. The molecule has 2 heterocycles. The normalized spacial score (nSPS) is 23.1. The third kappa shape index (κ3) is 4.80. The average Bonchev–Trinajstić information content (AvgIpc) is 3.15. The summed E-state index contributed by atoms with van der Waals surface area (Å²) in [7, 11) is 0. The molecule has 0 radical (unpaired) electrons. The molecule has 2 N–H and O–H groups in total. The first-order valence-electron chi connectivity index (χ1n) is 11.0. The van der Waals surface area contributed by atoms with Gasteiger partial charge in [-0.2, -0.15) is 0 Å². The van der Waals surface area contributed by atoms with Gasteiger partial charge in [0, 0.05) is 49.2 Å². The van der Waals surface area contributed by atoms with Gasteiger partial charge in [-0.15, -0.1) is 0 Å². The highest BCUT2D eigenvalue weighted by atomic mass is 35.5. The van der Waals surface area contributed by atoms with Gasteiger partial charge in [0.05, 0.1) is 0 Å². The molecule has 2 aliphatic heterocycles. The number of nitrogens with zero attached hydrogens (tertiary/aromatic N) is 3. The summed E-state index contributed by atoms with van der Waals surface area (Å²) in [5.41, 5.74) is 4.22. The molecule has 7 nitrogen and oxygen atoms in total. The van der Waals surface area contributed by atoms with E-state index in [0.717, 1.165) is 70.1 Å². The van der Waals surface area contributed by atoms with Crippen LogP contribution in [0, 0.1) is 11.3 Å². The van der Waals surface area contributed by atoms with Crippen LogP contribution in [0.4, 0.5) is 0 Å². The minimum Gasteiger partial charge on any atom is -0.355 e. The van der Waals surface area contributed by atoms with Gasteiger partial charge in [0.2, 0.25) is 5.91 Å². The topological polar surface area (TPSA) is 69.2 Å². The van der Waals surface area contributed by atoms with Crippen molar-refractivity contribution in [2.45, 2.75) is 32.9 Å². The third-order valence-corrected chi connectivity index (χ3v) is 6.82. The number of hydroxylamine groups is 1. The largest absolute Gasteiger partial charge is 0.355 e. The van der Waals surface area contributed by atoms with Crippen molar-refractivity contribution in [3.63, 3.8) is 0 Å². The van der Waals surface area contributed by atoms with Crippen LogP contribution in [-0.4, -0.2) is 73.6 Å². The Labute approximate surface area is 183 Å². The van der Waals surface area contributed by atoms with Crippen LogP contribution in [0.2, 0.25) is 5.02 Å². The second kappa shape index (κ2) is 9.22. The van der Waals surface area contributed by atoms with E-state index in [1.165, 1.54) is 0 Å². The number of carbonyl (C=O) groups excluding carboxylic acids is 1. The number of carbonyl (C=O) groups is 1. The molecule has 3 aliphatic rings. The highest BCUT2D eigenvalue weighted by molar-refractivity contribution is 6.30. The van der Waals surface area contributed by atoms with E-state index in [4.69, 9.17) is 16.4 Å². The Morgan fingerprint density at radius 1 is 1.30 bits per heavy atom. The maximum absolute atomic E-state index is 12.4. The zero-order chi connectivity index (χ0) is 21.1. The van der Waals surface area contributed by atoms with E-state index >= 15 is 0 Å². The summed E-state index contributed by atoms with van der Waals surface area (Å²) < 4.78 is 0. The van der Waals surface area contributed by atoms with E-state index < -0.39 is 0 Å². The number of aliphatic imine (C=N–C) groups is 1. The second-order valence-corrected chi connectivity index (χ2v) is 9.19. The summed E-state index contributed by atoms with van der Waals surface area (Å²) in [6, 6.07) is 7.56. The zero-order valence-electron chi connectivity index (χ0n) is 17.9. The first kappa shape index (κ1) is 21.6. The van der Waals surface area contributed by atoms with E-state index in [-0.39, 0.29) is 18.1 Å². The maximum atomic E-state index is 12.4. The third-order valence-electron chi connectivity index (χ3n) is 6.57. The molecule has 1 aromatic carbocycles. The van der Waals surface area contributed by atoms with Crippen LogP contribution < -0.4 is 10.8 Å². The number of hydrogen-bond donors (Lipinski definition) is 2. The zero-order valence-corrected chi connectivity index (χ0v) is 18.6. The van der Waals surface area contributed by atoms with Crippen LogP contribution >= 0.6 is 11.6 Å². The summed E-state index contributed by atoms with van der Waals surface area (Å²) in [5, 5.41) is 3.82. The number of nitrogens with one attached hydrogen (secondary N) is 2. The van der Waals surface area contributed by atoms with Crippen LogP contribution in [0.1, 0.15) is 32.3 Å². The number of amidine groups is 1. The number of rotatable bonds is 9. The molecule has 1 aromatic rings. The number of hydrogen-bond acceptors (Lipinski definition) is 6. The van der Waals surface area contributed by atoms with Crippen molar-refractivity contribution in [3.05, 3.63) is 34.9 Å². The summed E-state index contributed by atoms with van der Waals surface area (Å²) in [6.07, 6.45) is 1.81. The van der Waals surface area contributed by atoms with Crippen molar-refractivity contribution in [3.8, 4) is 0 Å². The Morgan fingerprint density at radius 2 is 2.00 bits per heavy atom. The predicted molar refractivity (Wildman–Crippen MR) is 118 cm³/mol.